The first-order valence-corrected chi connectivity index (χ1v) is 6.94. The third-order valence-corrected chi connectivity index (χ3v) is 4.31. The van der Waals surface area contributed by atoms with Crippen molar-refractivity contribution in [1.29, 1.82) is 0 Å². The molecule has 4 heteroatoms. The summed E-state index contributed by atoms with van der Waals surface area (Å²) < 4.78 is 0. The van der Waals surface area contributed by atoms with Crippen molar-refractivity contribution < 1.29 is 0 Å². The minimum Gasteiger partial charge on any atom is -0.381 e. The molecule has 2 bridgehead atoms. The fraction of sp³-hybridized carbons (Fsp3) is 0.538. The number of piperidine rings is 1. The van der Waals surface area contributed by atoms with Gasteiger partial charge in [0.25, 0.3) is 0 Å². The summed E-state index contributed by atoms with van der Waals surface area (Å²) in [6.45, 7) is 0. The number of halogens is 2. The topological polar surface area (TPSA) is 24.1 Å². The van der Waals surface area contributed by atoms with E-state index in [0.29, 0.717) is 28.2 Å². The summed E-state index contributed by atoms with van der Waals surface area (Å²) in [5.41, 5.74) is 1.00. The lowest BCUT2D eigenvalue weighted by molar-refractivity contribution is 0.378. The molecule has 2 aliphatic heterocycles. The van der Waals surface area contributed by atoms with Crippen LogP contribution in [0.3, 0.4) is 0 Å². The molecule has 3 rings (SSSR count). The maximum Gasteiger partial charge on any atom is 0.0652 e. The van der Waals surface area contributed by atoms with E-state index < -0.39 is 0 Å². The first-order chi connectivity index (χ1) is 8.20. The molecule has 0 radical (unpaired) electrons. The molecule has 0 aromatic heterocycles. The predicted octanol–water partition coefficient (Wildman–Crippen LogP) is 3.69. The van der Waals surface area contributed by atoms with Crippen molar-refractivity contribution in [3.05, 3.63) is 28.2 Å². The van der Waals surface area contributed by atoms with E-state index in [4.69, 9.17) is 23.2 Å². The summed E-state index contributed by atoms with van der Waals surface area (Å²) in [5.74, 6) is 0. The Morgan fingerprint density at radius 3 is 2.47 bits per heavy atom. The Labute approximate surface area is 112 Å². The summed E-state index contributed by atoms with van der Waals surface area (Å²) in [6.07, 6.45) is 5.01. The SMILES string of the molecule is Clc1ccc(NC2CC3CCC(C2)N3)c(Cl)c1. The summed E-state index contributed by atoms with van der Waals surface area (Å²) in [7, 11) is 0. The Morgan fingerprint density at radius 2 is 1.82 bits per heavy atom. The van der Waals surface area contributed by atoms with Crippen molar-refractivity contribution in [2.45, 2.75) is 43.8 Å². The van der Waals surface area contributed by atoms with Crippen LogP contribution in [0.15, 0.2) is 18.2 Å². The van der Waals surface area contributed by atoms with Gasteiger partial charge in [0.15, 0.2) is 0 Å². The lowest BCUT2D eigenvalue weighted by Gasteiger charge is -2.30. The van der Waals surface area contributed by atoms with Gasteiger partial charge in [0.05, 0.1) is 10.7 Å². The highest BCUT2D eigenvalue weighted by molar-refractivity contribution is 6.36. The van der Waals surface area contributed by atoms with Crippen LogP contribution in [0.25, 0.3) is 0 Å². The van der Waals surface area contributed by atoms with Gasteiger partial charge in [-0.15, -0.1) is 0 Å². The average Bonchev–Trinajstić information content (AvgIpc) is 2.62. The molecule has 1 aromatic rings. The van der Waals surface area contributed by atoms with Crippen molar-refractivity contribution >= 4 is 28.9 Å². The molecule has 2 unspecified atom stereocenters. The molecule has 2 nitrogen and oxygen atoms in total. The third-order valence-electron chi connectivity index (χ3n) is 3.76. The highest BCUT2D eigenvalue weighted by Crippen LogP contribution is 2.31. The first-order valence-electron chi connectivity index (χ1n) is 6.18. The van der Waals surface area contributed by atoms with Crippen LogP contribution >= 0.6 is 23.2 Å². The Kier molecular flexibility index (Phi) is 3.20. The highest BCUT2D eigenvalue weighted by Gasteiger charge is 2.33. The fourth-order valence-electron chi connectivity index (χ4n) is 3.00. The molecule has 0 amide bonds. The number of hydrogen-bond donors (Lipinski definition) is 2. The van der Waals surface area contributed by atoms with Gasteiger partial charge in [-0.25, -0.2) is 0 Å². The quantitative estimate of drug-likeness (QED) is 0.857. The van der Waals surface area contributed by atoms with E-state index in [1.807, 2.05) is 12.1 Å². The molecule has 1 aromatic carbocycles. The summed E-state index contributed by atoms with van der Waals surface area (Å²) in [5, 5.41) is 8.58. The second-order valence-corrected chi connectivity index (χ2v) is 5.92. The second-order valence-electron chi connectivity index (χ2n) is 5.07. The Morgan fingerprint density at radius 1 is 1.12 bits per heavy atom. The number of anilines is 1. The van der Waals surface area contributed by atoms with Gasteiger partial charge in [0, 0.05) is 23.1 Å². The van der Waals surface area contributed by atoms with Crippen LogP contribution in [0, 0.1) is 0 Å². The Hall–Kier alpha value is -0.440. The molecular weight excluding hydrogens is 255 g/mol. The summed E-state index contributed by atoms with van der Waals surface area (Å²) in [6, 6.07) is 7.56. The normalized spacial score (nSPS) is 31.5. The standard InChI is InChI=1S/C13H16Cl2N2/c14-8-1-4-13(12(15)5-8)17-11-6-9-2-3-10(7-11)16-9/h1,4-5,9-11,16-17H,2-3,6-7H2. The predicted molar refractivity (Wildman–Crippen MR) is 73.1 cm³/mol. The number of hydrogen-bond acceptors (Lipinski definition) is 2. The highest BCUT2D eigenvalue weighted by atomic mass is 35.5. The van der Waals surface area contributed by atoms with Gasteiger partial charge < -0.3 is 10.6 Å². The van der Waals surface area contributed by atoms with Crippen molar-refractivity contribution in [2.24, 2.45) is 0 Å². The van der Waals surface area contributed by atoms with Gasteiger partial charge in [0.2, 0.25) is 0 Å². The molecule has 92 valence electrons. The fourth-order valence-corrected chi connectivity index (χ4v) is 3.46. The molecule has 2 heterocycles. The van der Waals surface area contributed by atoms with Crippen LogP contribution in [0.4, 0.5) is 5.69 Å². The first kappa shape index (κ1) is 11.6. The van der Waals surface area contributed by atoms with E-state index in [9.17, 15) is 0 Å². The third kappa shape index (κ3) is 2.54. The maximum absolute atomic E-state index is 6.17. The lowest BCUT2D eigenvalue weighted by atomic mass is 9.99. The minimum atomic E-state index is 0.535. The van der Waals surface area contributed by atoms with E-state index >= 15 is 0 Å². The number of fused-ring (bicyclic) bond motifs is 2. The second kappa shape index (κ2) is 4.68. The van der Waals surface area contributed by atoms with E-state index in [0.717, 1.165) is 5.69 Å². The van der Waals surface area contributed by atoms with E-state index in [2.05, 4.69) is 10.6 Å². The molecule has 0 spiro atoms. The Bertz CT molecular complexity index is 410. The summed E-state index contributed by atoms with van der Waals surface area (Å²) >= 11 is 12.1. The average molecular weight is 271 g/mol. The molecule has 2 atom stereocenters. The van der Waals surface area contributed by atoms with Gasteiger partial charge in [-0.3, -0.25) is 0 Å². The zero-order valence-corrected chi connectivity index (χ0v) is 11.1. The van der Waals surface area contributed by atoms with Gasteiger partial charge in [-0.2, -0.15) is 0 Å². The molecule has 17 heavy (non-hydrogen) atoms. The van der Waals surface area contributed by atoms with E-state index in [1.54, 1.807) is 6.07 Å². The number of rotatable bonds is 2. The van der Waals surface area contributed by atoms with Crippen LogP contribution in [-0.4, -0.2) is 18.1 Å². The number of benzene rings is 1. The molecule has 2 fully saturated rings. The number of nitrogens with one attached hydrogen (secondary N) is 2. The van der Waals surface area contributed by atoms with Gasteiger partial charge in [0.1, 0.15) is 0 Å². The molecule has 0 aliphatic carbocycles. The van der Waals surface area contributed by atoms with Crippen molar-refractivity contribution in [3.63, 3.8) is 0 Å². The van der Waals surface area contributed by atoms with Gasteiger partial charge in [-0.1, -0.05) is 23.2 Å². The zero-order chi connectivity index (χ0) is 11.8. The van der Waals surface area contributed by atoms with Crippen molar-refractivity contribution in [2.75, 3.05) is 5.32 Å². The van der Waals surface area contributed by atoms with E-state index in [-0.39, 0.29) is 0 Å². The van der Waals surface area contributed by atoms with Crippen molar-refractivity contribution in [1.82, 2.24) is 5.32 Å². The summed E-state index contributed by atoms with van der Waals surface area (Å²) in [4.78, 5) is 0. The van der Waals surface area contributed by atoms with Crippen LogP contribution in [-0.2, 0) is 0 Å². The van der Waals surface area contributed by atoms with Gasteiger partial charge in [-0.05, 0) is 43.9 Å². The smallest absolute Gasteiger partial charge is 0.0652 e. The lowest BCUT2D eigenvalue weighted by Crippen LogP contribution is -2.43. The monoisotopic (exact) mass is 270 g/mol. The molecule has 0 saturated carbocycles. The largest absolute Gasteiger partial charge is 0.381 e. The van der Waals surface area contributed by atoms with Gasteiger partial charge >= 0.3 is 0 Å². The molecule has 2 saturated heterocycles. The minimum absolute atomic E-state index is 0.535. The van der Waals surface area contributed by atoms with Crippen molar-refractivity contribution in [3.8, 4) is 0 Å². The van der Waals surface area contributed by atoms with Crippen LogP contribution < -0.4 is 10.6 Å². The Balaban J connectivity index is 1.70. The molecule has 2 aliphatic rings. The molecular formula is C13H16Cl2N2. The molecule has 2 N–H and O–H groups in total. The van der Waals surface area contributed by atoms with Crippen LogP contribution in [0.1, 0.15) is 25.7 Å². The maximum atomic E-state index is 6.17. The van der Waals surface area contributed by atoms with Crippen LogP contribution in [0.5, 0.6) is 0 Å². The zero-order valence-electron chi connectivity index (χ0n) is 9.55. The van der Waals surface area contributed by atoms with Crippen LogP contribution in [0.2, 0.25) is 10.0 Å². The van der Waals surface area contributed by atoms with E-state index in [1.165, 1.54) is 25.7 Å².